The lowest BCUT2D eigenvalue weighted by Gasteiger charge is -2.10. The highest BCUT2D eigenvalue weighted by Crippen LogP contribution is 2.04. The molecule has 84 valence electrons. The fraction of sp³-hybridized carbons (Fsp3) is 0. The third kappa shape index (κ3) is 2.22. The van der Waals surface area contributed by atoms with Gasteiger partial charge in [0.15, 0.2) is 0 Å². The van der Waals surface area contributed by atoms with E-state index in [1.54, 1.807) is 0 Å². The van der Waals surface area contributed by atoms with Crippen LogP contribution in [-0.4, -0.2) is 45.4 Å². The molecule has 1 aromatic rings. The molecule has 0 bridgehead atoms. The number of carboxylic acid groups (broad SMARTS) is 1. The van der Waals surface area contributed by atoms with Gasteiger partial charge in [-0.15, -0.1) is 0 Å². The predicted molar refractivity (Wildman–Crippen MR) is 53.0 cm³/mol. The molecule has 0 radical (unpaired) electrons. The van der Waals surface area contributed by atoms with E-state index in [9.17, 15) is 9.18 Å². The standard InChI is InChI=1S/C7H7B2FO6/c10-6-3(7(11)12)1-2-4(8(13)14)5(6)9(15)16/h1-2,13-16H,(H,11,12). The summed E-state index contributed by atoms with van der Waals surface area (Å²) in [6, 6.07) is 1.70. The third-order valence-corrected chi connectivity index (χ3v) is 1.98. The molecule has 0 aromatic heterocycles. The summed E-state index contributed by atoms with van der Waals surface area (Å²) in [5, 5.41) is 43.9. The minimum atomic E-state index is -2.34. The maximum atomic E-state index is 13.5. The van der Waals surface area contributed by atoms with Gasteiger partial charge < -0.3 is 25.2 Å². The van der Waals surface area contributed by atoms with Crippen molar-refractivity contribution >= 4 is 31.1 Å². The Balaban J connectivity index is 3.48. The number of rotatable bonds is 3. The average molecular weight is 228 g/mol. The summed E-state index contributed by atoms with van der Waals surface area (Å²) < 4.78 is 13.5. The summed E-state index contributed by atoms with van der Waals surface area (Å²) in [7, 11) is -4.47. The highest BCUT2D eigenvalue weighted by Gasteiger charge is 2.29. The molecule has 0 atom stereocenters. The van der Waals surface area contributed by atoms with Crippen molar-refractivity contribution < 1.29 is 34.4 Å². The molecular weight excluding hydrogens is 221 g/mol. The first-order valence-electron chi connectivity index (χ1n) is 4.14. The van der Waals surface area contributed by atoms with Crippen molar-refractivity contribution in [1.82, 2.24) is 0 Å². The Hall–Kier alpha value is -1.41. The van der Waals surface area contributed by atoms with Crippen LogP contribution in [0.1, 0.15) is 10.4 Å². The van der Waals surface area contributed by atoms with Crippen LogP contribution in [0, 0.1) is 5.82 Å². The van der Waals surface area contributed by atoms with Crippen molar-refractivity contribution in [3.8, 4) is 0 Å². The van der Waals surface area contributed by atoms with Crippen molar-refractivity contribution in [2.45, 2.75) is 0 Å². The number of carboxylic acids is 1. The molecule has 0 unspecified atom stereocenters. The number of hydrogen-bond donors (Lipinski definition) is 5. The Labute approximate surface area is 89.9 Å². The number of halogens is 1. The zero-order valence-corrected chi connectivity index (χ0v) is 7.83. The molecule has 0 fully saturated rings. The molecule has 1 aromatic carbocycles. The first-order chi connectivity index (χ1) is 7.36. The summed E-state index contributed by atoms with van der Waals surface area (Å²) in [5.74, 6) is -3.01. The van der Waals surface area contributed by atoms with Crippen molar-refractivity contribution in [2.24, 2.45) is 0 Å². The molecule has 0 spiro atoms. The van der Waals surface area contributed by atoms with E-state index in [1.807, 2.05) is 0 Å². The monoisotopic (exact) mass is 228 g/mol. The fourth-order valence-electron chi connectivity index (χ4n) is 1.26. The maximum absolute atomic E-state index is 13.5. The van der Waals surface area contributed by atoms with Crippen LogP contribution in [0.3, 0.4) is 0 Å². The molecule has 5 N–H and O–H groups in total. The van der Waals surface area contributed by atoms with Crippen LogP contribution >= 0.6 is 0 Å². The minimum Gasteiger partial charge on any atom is -0.478 e. The van der Waals surface area contributed by atoms with E-state index in [1.165, 1.54) is 0 Å². The number of carbonyl (C=O) groups is 1. The summed E-state index contributed by atoms with van der Waals surface area (Å²) >= 11 is 0. The average Bonchev–Trinajstić information content (AvgIpc) is 2.15. The van der Waals surface area contributed by atoms with Gasteiger partial charge >= 0.3 is 20.2 Å². The zero-order valence-electron chi connectivity index (χ0n) is 7.83. The molecule has 1 rings (SSSR count). The van der Waals surface area contributed by atoms with Crippen LogP contribution in [0.25, 0.3) is 0 Å². The summed E-state index contributed by atoms with van der Waals surface area (Å²) in [6.45, 7) is 0. The maximum Gasteiger partial charge on any atom is 0.491 e. The van der Waals surface area contributed by atoms with Crippen LogP contribution in [-0.2, 0) is 0 Å². The lowest BCUT2D eigenvalue weighted by atomic mass is 9.65. The molecule has 0 aliphatic heterocycles. The molecular formula is C7H7B2FO6. The first kappa shape index (κ1) is 12.7. The SMILES string of the molecule is O=C(O)c1ccc(B(O)O)c(B(O)O)c1F. The first-order valence-corrected chi connectivity index (χ1v) is 4.14. The minimum absolute atomic E-state index is 0.502. The molecule has 0 saturated carbocycles. The lowest BCUT2D eigenvalue weighted by molar-refractivity contribution is 0.0692. The quantitative estimate of drug-likeness (QED) is 0.349. The normalized spacial score (nSPS) is 10.1. The molecule has 0 saturated heterocycles. The fourth-order valence-corrected chi connectivity index (χ4v) is 1.26. The van der Waals surface area contributed by atoms with E-state index in [2.05, 4.69) is 0 Å². The van der Waals surface area contributed by atoms with Gasteiger partial charge in [0.1, 0.15) is 5.82 Å². The largest absolute Gasteiger partial charge is 0.491 e. The lowest BCUT2D eigenvalue weighted by Crippen LogP contribution is -2.51. The van der Waals surface area contributed by atoms with Crippen LogP contribution in [0.2, 0.25) is 0 Å². The van der Waals surface area contributed by atoms with E-state index in [0.717, 1.165) is 12.1 Å². The van der Waals surface area contributed by atoms with E-state index in [-0.39, 0.29) is 0 Å². The Morgan fingerprint density at radius 3 is 2.06 bits per heavy atom. The van der Waals surface area contributed by atoms with E-state index in [0.29, 0.717) is 0 Å². The van der Waals surface area contributed by atoms with Crippen LogP contribution < -0.4 is 10.9 Å². The van der Waals surface area contributed by atoms with Gasteiger partial charge in [0.05, 0.1) is 5.56 Å². The number of hydrogen-bond acceptors (Lipinski definition) is 5. The van der Waals surface area contributed by atoms with Gasteiger partial charge in [0.2, 0.25) is 0 Å². The molecule has 0 amide bonds. The Kier molecular flexibility index (Phi) is 3.66. The second kappa shape index (κ2) is 4.62. The smallest absolute Gasteiger partial charge is 0.478 e. The summed E-state index contributed by atoms with van der Waals surface area (Å²) in [6.07, 6.45) is 0. The number of aromatic carboxylic acids is 1. The highest BCUT2D eigenvalue weighted by atomic mass is 19.1. The van der Waals surface area contributed by atoms with Gasteiger partial charge in [-0.05, 0) is 11.5 Å². The molecule has 6 nitrogen and oxygen atoms in total. The Morgan fingerprint density at radius 1 is 1.12 bits per heavy atom. The van der Waals surface area contributed by atoms with Gasteiger partial charge in [-0.3, -0.25) is 0 Å². The zero-order chi connectivity index (χ0) is 12.5. The van der Waals surface area contributed by atoms with Crippen molar-refractivity contribution in [2.75, 3.05) is 0 Å². The van der Waals surface area contributed by atoms with Gasteiger partial charge in [-0.2, -0.15) is 0 Å². The van der Waals surface area contributed by atoms with Gasteiger partial charge in [0.25, 0.3) is 0 Å². The topological polar surface area (TPSA) is 118 Å². The molecule has 0 heterocycles. The van der Waals surface area contributed by atoms with Crippen LogP contribution in [0.4, 0.5) is 4.39 Å². The molecule has 0 aliphatic carbocycles. The highest BCUT2D eigenvalue weighted by molar-refractivity contribution is 6.71. The second-order valence-electron chi connectivity index (χ2n) is 2.98. The third-order valence-electron chi connectivity index (χ3n) is 1.98. The van der Waals surface area contributed by atoms with Crippen LogP contribution in [0.15, 0.2) is 12.1 Å². The Bertz CT molecular complexity index is 422. The van der Waals surface area contributed by atoms with Gasteiger partial charge in [-0.25, -0.2) is 9.18 Å². The van der Waals surface area contributed by atoms with E-state index in [4.69, 9.17) is 25.2 Å². The van der Waals surface area contributed by atoms with Crippen LogP contribution in [0.5, 0.6) is 0 Å². The van der Waals surface area contributed by atoms with E-state index < -0.39 is 42.5 Å². The molecule has 0 aliphatic rings. The second-order valence-corrected chi connectivity index (χ2v) is 2.98. The Morgan fingerprint density at radius 2 is 1.69 bits per heavy atom. The predicted octanol–water partition coefficient (Wildman–Crippen LogP) is -3.12. The van der Waals surface area contributed by atoms with Gasteiger partial charge in [-0.1, -0.05) is 6.07 Å². The van der Waals surface area contributed by atoms with Gasteiger partial charge in [0, 0.05) is 5.46 Å². The number of benzene rings is 1. The van der Waals surface area contributed by atoms with Crippen molar-refractivity contribution in [3.63, 3.8) is 0 Å². The molecule has 9 heteroatoms. The van der Waals surface area contributed by atoms with Crippen molar-refractivity contribution in [3.05, 3.63) is 23.5 Å². The molecule has 16 heavy (non-hydrogen) atoms. The van der Waals surface area contributed by atoms with Crippen molar-refractivity contribution in [1.29, 1.82) is 0 Å². The summed E-state index contributed by atoms with van der Waals surface area (Å²) in [4.78, 5) is 10.5. The summed E-state index contributed by atoms with van der Waals surface area (Å²) in [5.41, 5.74) is -2.15. The van der Waals surface area contributed by atoms with E-state index >= 15 is 0 Å².